The molecule has 1 aliphatic heterocycles. The number of halogens is 2. The summed E-state index contributed by atoms with van der Waals surface area (Å²) >= 11 is 0. The van der Waals surface area contributed by atoms with Crippen LogP contribution in [-0.4, -0.2) is 52.0 Å². The molecule has 6 nitrogen and oxygen atoms in total. The Bertz CT molecular complexity index is 1000. The first kappa shape index (κ1) is 18.5. The molecule has 146 valence electrons. The number of pyridine rings is 1. The van der Waals surface area contributed by atoms with E-state index in [0.717, 1.165) is 43.0 Å². The van der Waals surface area contributed by atoms with E-state index in [1.807, 2.05) is 24.4 Å². The van der Waals surface area contributed by atoms with E-state index in [-0.39, 0.29) is 0 Å². The highest BCUT2D eigenvalue weighted by molar-refractivity contribution is 5.81. The number of hydrogen-bond acceptors (Lipinski definition) is 5. The maximum atomic E-state index is 12.6. The Hall–Kier alpha value is -2.87. The summed E-state index contributed by atoms with van der Waals surface area (Å²) in [6, 6.07) is 9.44. The number of aromatic nitrogens is 3. The SMILES string of the molecule is O=c1c2ccc(N3CCN(Cc4cccnc4)CC3)cc2ncn1CC(F)F. The minimum atomic E-state index is -2.58. The number of alkyl halides is 2. The number of benzene rings is 1. The Balaban J connectivity index is 1.46. The van der Waals surface area contributed by atoms with Gasteiger partial charge in [-0.05, 0) is 29.8 Å². The van der Waals surface area contributed by atoms with E-state index in [0.29, 0.717) is 10.9 Å². The molecular weight excluding hydrogens is 364 g/mol. The van der Waals surface area contributed by atoms with Gasteiger partial charge >= 0.3 is 0 Å². The normalized spacial score (nSPS) is 15.5. The van der Waals surface area contributed by atoms with Gasteiger partial charge in [0, 0.05) is 50.8 Å². The summed E-state index contributed by atoms with van der Waals surface area (Å²) < 4.78 is 26.1. The van der Waals surface area contributed by atoms with Crippen molar-refractivity contribution in [3.63, 3.8) is 0 Å². The van der Waals surface area contributed by atoms with Gasteiger partial charge in [0.25, 0.3) is 12.0 Å². The maximum absolute atomic E-state index is 12.6. The highest BCUT2D eigenvalue weighted by Crippen LogP contribution is 2.21. The van der Waals surface area contributed by atoms with Crippen LogP contribution < -0.4 is 10.5 Å². The monoisotopic (exact) mass is 385 g/mol. The van der Waals surface area contributed by atoms with E-state index < -0.39 is 18.5 Å². The molecule has 0 unspecified atom stereocenters. The highest BCUT2D eigenvalue weighted by Gasteiger charge is 2.18. The Kier molecular flexibility index (Phi) is 5.29. The van der Waals surface area contributed by atoms with Gasteiger partial charge in [0.1, 0.15) is 0 Å². The molecule has 0 radical (unpaired) electrons. The zero-order chi connectivity index (χ0) is 19.5. The first-order valence-corrected chi connectivity index (χ1v) is 9.24. The summed E-state index contributed by atoms with van der Waals surface area (Å²) in [5.74, 6) is 0. The zero-order valence-corrected chi connectivity index (χ0v) is 15.3. The topological polar surface area (TPSA) is 54.3 Å². The molecule has 1 aliphatic rings. The van der Waals surface area contributed by atoms with Crippen molar-refractivity contribution in [2.75, 3.05) is 31.1 Å². The minimum Gasteiger partial charge on any atom is -0.369 e. The van der Waals surface area contributed by atoms with Gasteiger partial charge < -0.3 is 4.90 Å². The van der Waals surface area contributed by atoms with Crippen molar-refractivity contribution in [1.29, 1.82) is 0 Å². The van der Waals surface area contributed by atoms with E-state index in [1.54, 1.807) is 12.3 Å². The van der Waals surface area contributed by atoms with Crippen molar-refractivity contribution >= 4 is 16.6 Å². The van der Waals surface area contributed by atoms with Crippen LogP contribution in [0.3, 0.4) is 0 Å². The van der Waals surface area contributed by atoms with Crippen LogP contribution in [0.1, 0.15) is 5.56 Å². The van der Waals surface area contributed by atoms with E-state index in [4.69, 9.17) is 0 Å². The van der Waals surface area contributed by atoms with Crippen molar-refractivity contribution < 1.29 is 8.78 Å². The summed E-state index contributed by atoms with van der Waals surface area (Å²) in [6.45, 7) is 3.84. The molecule has 1 aromatic carbocycles. The van der Waals surface area contributed by atoms with E-state index in [2.05, 4.69) is 25.8 Å². The Morgan fingerprint density at radius 3 is 2.64 bits per heavy atom. The Morgan fingerprint density at radius 1 is 1.11 bits per heavy atom. The molecule has 8 heteroatoms. The van der Waals surface area contributed by atoms with Gasteiger partial charge in [0.05, 0.1) is 23.8 Å². The molecule has 0 amide bonds. The molecule has 28 heavy (non-hydrogen) atoms. The Morgan fingerprint density at radius 2 is 1.93 bits per heavy atom. The van der Waals surface area contributed by atoms with Gasteiger partial charge in [-0.2, -0.15) is 0 Å². The smallest absolute Gasteiger partial charge is 0.261 e. The van der Waals surface area contributed by atoms with Gasteiger partial charge in [-0.25, -0.2) is 13.8 Å². The lowest BCUT2D eigenvalue weighted by Gasteiger charge is -2.36. The summed E-state index contributed by atoms with van der Waals surface area (Å²) in [6.07, 6.45) is 2.28. The molecule has 0 atom stereocenters. The number of anilines is 1. The van der Waals surface area contributed by atoms with Crippen LogP contribution in [0, 0.1) is 0 Å². The Labute approximate surface area is 161 Å². The third-order valence-corrected chi connectivity index (χ3v) is 5.01. The molecule has 0 bridgehead atoms. The molecule has 0 spiro atoms. The first-order valence-electron chi connectivity index (χ1n) is 9.24. The quantitative estimate of drug-likeness (QED) is 0.675. The highest BCUT2D eigenvalue weighted by atomic mass is 19.3. The first-order chi connectivity index (χ1) is 13.6. The van der Waals surface area contributed by atoms with Crippen molar-refractivity contribution in [1.82, 2.24) is 19.4 Å². The van der Waals surface area contributed by atoms with E-state index >= 15 is 0 Å². The van der Waals surface area contributed by atoms with Gasteiger partial charge in [-0.3, -0.25) is 19.2 Å². The predicted octanol–water partition coefficient (Wildman–Crippen LogP) is 2.38. The average Bonchev–Trinajstić information content (AvgIpc) is 2.71. The molecule has 2 aromatic heterocycles. The number of rotatable bonds is 5. The minimum absolute atomic E-state index is 0.363. The zero-order valence-electron chi connectivity index (χ0n) is 15.3. The molecule has 1 saturated heterocycles. The van der Waals surface area contributed by atoms with Crippen molar-refractivity contribution in [2.24, 2.45) is 0 Å². The predicted molar refractivity (Wildman–Crippen MR) is 104 cm³/mol. The molecule has 4 rings (SSSR count). The third-order valence-electron chi connectivity index (χ3n) is 5.01. The van der Waals surface area contributed by atoms with Crippen molar-refractivity contribution in [3.05, 3.63) is 65.0 Å². The second-order valence-corrected chi connectivity index (χ2v) is 6.92. The van der Waals surface area contributed by atoms with Gasteiger partial charge in [-0.1, -0.05) is 6.07 Å². The van der Waals surface area contributed by atoms with Gasteiger partial charge in [-0.15, -0.1) is 0 Å². The number of hydrogen-bond donors (Lipinski definition) is 0. The summed E-state index contributed by atoms with van der Waals surface area (Å²) in [5, 5.41) is 0.363. The fraction of sp³-hybridized carbons (Fsp3) is 0.350. The van der Waals surface area contributed by atoms with Crippen LogP contribution in [0.25, 0.3) is 10.9 Å². The largest absolute Gasteiger partial charge is 0.369 e. The number of fused-ring (bicyclic) bond motifs is 1. The lowest BCUT2D eigenvalue weighted by molar-refractivity contribution is 0.125. The van der Waals surface area contributed by atoms with Gasteiger partial charge in [0.15, 0.2) is 0 Å². The maximum Gasteiger partial charge on any atom is 0.261 e. The van der Waals surface area contributed by atoms with Crippen LogP contribution in [0.4, 0.5) is 14.5 Å². The molecule has 0 aliphatic carbocycles. The van der Waals surface area contributed by atoms with Crippen molar-refractivity contribution in [3.8, 4) is 0 Å². The summed E-state index contributed by atoms with van der Waals surface area (Å²) in [7, 11) is 0. The molecule has 0 saturated carbocycles. The van der Waals surface area contributed by atoms with Gasteiger partial charge in [0.2, 0.25) is 0 Å². The lowest BCUT2D eigenvalue weighted by atomic mass is 10.2. The molecule has 3 aromatic rings. The molecule has 3 heterocycles. The fourth-order valence-electron chi connectivity index (χ4n) is 3.54. The van der Waals surface area contributed by atoms with Crippen LogP contribution in [0.15, 0.2) is 53.8 Å². The lowest BCUT2D eigenvalue weighted by Crippen LogP contribution is -2.46. The average molecular weight is 385 g/mol. The summed E-state index contributed by atoms with van der Waals surface area (Å²) in [5.41, 5.74) is 2.29. The van der Waals surface area contributed by atoms with E-state index in [1.165, 1.54) is 11.9 Å². The number of piperazine rings is 1. The molecule has 1 fully saturated rings. The second-order valence-electron chi connectivity index (χ2n) is 6.92. The fourth-order valence-corrected chi connectivity index (χ4v) is 3.54. The van der Waals surface area contributed by atoms with Crippen LogP contribution in [0.5, 0.6) is 0 Å². The molecular formula is C20H21F2N5O. The van der Waals surface area contributed by atoms with Crippen LogP contribution in [-0.2, 0) is 13.1 Å². The van der Waals surface area contributed by atoms with E-state index in [9.17, 15) is 13.6 Å². The van der Waals surface area contributed by atoms with Crippen LogP contribution >= 0.6 is 0 Å². The third kappa shape index (κ3) is 4.01. The standard InChI is InChI=1S/C20H21F2N5O/c21-19(22)13-27-14-24-18-10-16(3-4-17(18)20(27)28)26-8-6-25(7-9-26)12-15-2-1-5-23-11-15/h1-5,10-11,14,19H,6-9,12-13H2. The summed E-state index contributed by atoms with van der Waals surface area (Å²) in [4.78, 5) is 25.3. The molecule has 0 N–H and O–H groups in total. The van der Waals surface area contributed by atoms with Crippen LogP contribution in [0.2, 0.25) is 0 Å². The van der Waals surface area contributed by atoms with Crippen molar-refractivity contribution in [2.45, 2.75) is 19.5 Å². The second kappa shape index (κ2) is 8.02. The number of nitrogens with zero attached hydrogens (tertiary/aromatic N) is 5.